The Bertz CT molecular complexity index is 705. The summed E-state index contributed by atoms with van der Waals surface area (Å²) in [5, 5.41) is 11.8. The van der Waals surface area contributed by atoms with Crippen molar-refractivity contribution in [3.05, 3.63) is 53.0 Å². The molecule has 0 radical (unpaired) electrons. The van der Waals surface area contributed by atoms with Crippen molar-refractivity contribution in [3.8, 4) is 17.1 Å². The number of halogens is 1. The lowest BCUT2D eigenvalue weighted by atomic mass is 10.1. The second-order valence-corrected chi connectivity index (χ2v) is 4.89. The van der Waals surface area contributed by atoms with E-state index in [0.29, 0.717) is 11.5 Å². The van der Waals surface area contributed by atoms with E-state index in [-0.39, 0.29) is 0 Å². The number of hydrogen-bond donors (Lipinski definition) is 1. The number of nitrogens with two attached hydrogens (primary N) is 1. The van der Waals surface area contributed by atoms with Crippen LogP contribution in [0.25, 0.3) is 17.1 Å². The summed E-state index contributed by atoms with van der Waals surface area (Å²) in [7, 11) is 0. The van der Waals surface area contributed by atoms with Crippen molar-refractivity contribution in [2.75, 3.05) is 5.73 Å². The van der Waals surface area contributed by atoms with E-state index in [0.717, 1.165) is 15.7 Å². The summed E-state index contributed by atoms with van der Waals surface area (Å²) in [6.45, 7) is 0. The SMILES string of the molecule is Nc1ccccc1-c1nnnn1-c1ccc(Br)cc1. The molecule has 94 valence electrons. The van der Waals surface area contributed by atoms with Crippen molar-refractivity contribution < 1.29 is 0 Å². The fraction of sp³-hybridized carbons (Fsp3) is 0. The first kappa shape index (κ1) is 11.9. The van der Waals surface area contributed by atoms with Crippen molar-refractivity contribution in [1.82, 2.24) is 20.2 Å². The smallest absolute Gasteiger partial charge is 0.189 e. The number of tetrazole rings is 1. The van der Waals surface area contributed by atoms with Crippen LogP contribution in [-0.2, 0) is 0 Å². The Balaban J connectivity index is 2.13. The van der Waals surface area contributed by atoms with Gasteiger partial charge < -0.3 is 5.73 Å². The summed E-state index contributed by atoms with van der Waals surface area (Å²) >= 11 is 3.40. The third-order valence-electron chi connectivity index (χ3n) is 2.74. The fourth-order valence-electron chi connectivity index (χ4n) is 1.81. The number of nitrogen functional groups attached to an aromatic ring is 1. The van der Waals surface area contributed by atoms with Crippen LogP contribution in [0.15, 0.2) is 53.0 Å². The molecule has 0 aliphatic rings. The zero-order valence-corrected chi connectivity index (χ0v) is 11.4. The van der Waals surface area contributed by atoms with Gasteiger partial charge in [0.05, 0.1) is 5.69 Å². The minimum atomic E-state index is 0.625. The molecule has 19 heavy (non-hydrogen) atoms. The lowest BCUT2D eigenvalue weighted by molar-refractivity contribution is 0.791. The minimum Gasteiger partial charge on any atom is -0.398 e. The third-order valence-corrected chi connectivity index (χ3v) is 3.27. The molecule has 1 aromatic heterocycles. The van der Waals surface area contributed by atoms with Gasteiger partial charge in [0, 0.05) is 15.7 Å². The van der Waals surface area contributed by atoms with Crippen LogP contribution in [0.2, 0.25) is 0 Å². The van der Waals surface area contributed by atoms with E-state index in [1.807, 2.05) is 48.5 Å². The second kappa shape index (κ2) is 4.81. The van der Waals surface area contributed by atoms with Crippen molar-refractivity contribution in [1.29, 1.82) is 0 Å². The summed E-state index contributed by atoms with van der Waals surface area (Å²) in [6, 6.07) is 15.3. The molecular formula is C13H10BrN5. The van der Waals surface area contributed by atoms with Crippen LogP contribution in [0.1, 0.15) is 0 Å². The Morgan fingerprint density at radius 3 is 2.47 bits per heavy atom. The van der Waals surface area contributed by atoms with Crippen molar-refractivity contribution >= 4 is 21.6 Å². The molecule has 0 saturated carbocycles. The Morgan fingerprint density at radius 1 is 1.00 bits per heavy atom. The monoisotopic (exact) mass is 315 g/mol. The maximum absolute atomic E-state index is 5.97. The normalized spacial score (nSPS) is 10.6. The Morgan fingerprint density at radius 2 is 1.74 bits per heavy atom. The summed E-state index contributed by atoms with van der Waals surface area (Å²) in [5.41, 5.74) is 8.31. The standard InChI is InChI=1S/C13H10BrN5/c14-9-5-7-10(8-6-9)19-13(16-17-18-19)11-3-1-2-4-12(11)15/h1-8H,15H2. The first-order valence-corrected chi connectivity index (χ1v) is 6.44. The average molecular weight is 316 g/mol. The van der Waals surface area contributed by atoms with Crippen LogP contribution in [0.3, 0.4) is 0 Å². The van der Waals surface area contributed by atoms with Gasteiger partial charge in [-0.3, -0.25) is 0 Å². The molecule has 5 nitrogen and oxygen atoms in total. The lowest BCUT2D eigenvalue weighted by Crippen LogP contribution is -2.01. The Labute approximate surface area is 118 Å². The zero-order chi connectivity index (χ0) is 13.2. The second-order valence-electron chi connectivity index (χ2n) is 3.98. The Kier molecular flexibility index (Phi) is 3.00. The molecule has 6 heteroatoms. The van der Waals surface area contributed by atoms with E-state index in [4.69, 9.17) is 5.73 Å². The van der Waals surface area contributed by atoms with Crippen LogP contribution in [0, 0.1) is 0 Å². The highest BCUT2D eigenvalue weighted by Crippen LogP contribution is 2.25. The molecule has 0 saturated heterocycles. The average Bonchev–Trinajstić information content (AvgIpc) is 2.89. The maximum Gasteiger partial charge on any atom is 0.189 e. The van der Waals surface area contributed by atoms with E-state index < -0.39 is 0 Å². The van der Waals surface area contributed by atoms with Crippen LogP contribution < -0.4 is 5.73 Å². The number of para-hydroxylation sites is 1. The molecule has 3 rings (SSSR count). The Hall–Kier alpha value is -2.21. The first-order chi connectivity index (χ1) is 9.25. The van der Waals surface area contributed by atoms with Crippen molar-refractivity contribution in [3.63, 3.8) is 0 Å². The molecule has 0 atom stereocenters. The molecule has 0 aliphatic carbocycles. The van der Waals surface area contributed by atoms with Crippen LogP contribution in [-0.4, -0.2) is 20.2 Å². The molecule has 2 N–H and O–H groups in total. The molecule has 0 fully saturated rings. The van der Waals surface area contributed by atoms with Crippen molar-refractivity contribution in [2.24, 2.45) is 0 Å². The quantitative estimate of drug-likeness (QED) is 0.738. The highest BCUT2D eigenvalue weighted by Gasteiger charge is 2.12. The number of rotatable bonds is 2. The zero-order valence-electron chi connectivity index (χ0n) is 9.86. The molecule has 1 heterocycles. The predicted molar refractivity (Wildman–Crippen MR) is 76.7 cm³/mol. The van der Waals surface area contributed by atoms with E-state index in [1.165, 1.54) is 0 Å². The van der Waals surface area contributed by atoms with Gasteiger partial charge in [-0.2, -0.15) is 4.68 Å². The topological polar surface area (TPSA) is 69.6 Å². The third kappa shape index (κ3) is 2.22. The van der Waals surface area contributed by atoms with E-state index in [1.54, 1.807) is 4.68 Å². The number of anilines is 1. The molecule has 2 aromatic carbocycles. The van der Waals surface area contributed by atoms with Crippen LogP contribution in [0.4, 0.5) is 5.69 Å². The number of hydrogen-bond acceptors (Lipinski definition) is 4. The van der Waals surface area contributed by atoms with Gasteiger partial charge in [-0.25, -0.2) is 0 Å². The molecule has 3 aromatic rings. The van der Waals surface area contributed by atoms with Gasteiger partial charge in [-0.15, -0.1) is 5.10 Å². The first-order valence-electron chi connectivity index (χ1n) is 5.65. The summed E-state index contributed by atoms with van der Waals surface area (Å²) < 4.78 is 2.67. The molecule has 0 spiro atoms. The highest BCUT2D eigenvalue weighted by molar-refractivity contribution is 9.10. The van der Waals surface area contributed by atoms with Crippen molar-refractivity contribution in [2.45, 2.75) is 0 Å². The van der Waals surface area contributed by atoms with Gasteiger partial charge >= 0.3 is 0 Å². The summed E-state index contributed by atoms with van der Waals surface area (Å²) in [5.74, 6) is 0.625. The maximum atomic E-state index is 5.97. The van der Waals surface area contributed by atoms with Crippen LogP contribution >= 0.6 is 15.9 Å². The summed E-state index contributed by atoms with van der Waals surface area (Å²) in [4.78, 5) is 0. The van der Waals surface area contributed by atoms with E-state index in [2.05, 4.69) is 31.5 Å². The van der Waals surface area contributed by atoms with Gasteiger partial charge in [-0.1, -0.05) is 28.1 Å². The number of aromatic nitrogens is 4. The van der Waals surface area contributed by atoms with Gasteiger partial charge in [0.15, 0.2) is 5.82 Å². The molecule has 0 unspecified atom stereocenters. The fourth-order valence-corrected chi connectivity index (χ4v) is 2.08. The lowest BCUT2D eigenvalue weighted by Gasteiger charge is -2.06. The molecule has 0 amide bonds. The molecule has 0 bridgehead atoms. The molecular weight excluding hydrogens is 306 g/mol. The molecule has 0 aliphatic heterocycles. The van der Waals surface area contributed by atoms with Gasteiger partial charge in [-0.05, 0) is 46.8 Å². The largest absolute Gasteiger partial charge is 0.398 e. The van der Waals surface area contributed by atoms with Gasteiger partial charge in [0.1, 0.15) is 0 Å². The van der Waals surface area contributed by atoms with Gasteiger partial charge in [0.2, 0.25) is 0 Å². The predicted octanol–water partition coefficient (Wildman–Crippen LogP) is 2.67. The summed E-state index contributed by atoms with van der Waals surface area (Å²) in [6.07, 6.45) is 0. The van der Waals surface area contributed by atoms with Gasteiger partial charge in [0.25, 0.3) is 0 Å². The number of nitrogens with zero attached hydrogens (tertiary/aromatic N) is 4. The van der Waals surface area contributed by atoms with E-state index >= 15 is 0 Å². The van der Waals surface area contributed by atoms with Crippen LogP contribution in [0.5, 0.6) is 0 Å². The van der Waals surface area contributed by atoms with E-state index in [9.17, 15) is 0 Å². The highest BCUT2D eigenvalue weighted by atomic mass is 79.9. The number of benzene rings is 2. The minimum absolute atomic E-state index is 0.625.